The normalized spacial score (nSPS) is 20.6. The molecule has 3 fully saturated rings. The number of piperidine rings is 1. The predicted octanol–water partition coefficient (Wildman–Crippen LogP) is 4.02. The number of aromatic nitrogens is 2. The van der Waals surface area contributed by atoms with Gasteiger partial charge in [0.25, 0.3) is 0 Å². The van der Waals surface area contributed by atoms with Crippen LogP contribution in [0.15, 0.2) is 36.7 Å². The van der Waals surface area contributed by atoms with Crippen molar-refractivity contribution in [2.24, 2.45) is 5.41 Å². The minimum absolute atomic E-state index is 0.183. The van der Waals surface area contributed by atoms with Crippen molar-refractivity contribution in [3.05, 3.63) is 42.2 Å². The van der Waals surface area contributed by atoms with Gasteiger partial charge < -0.3 is 25.0 Å². The van der Waals surface area contributed by atoms with Crippen molar-refractivity contribution in [1.29, 1.82) is 0 Å². The number of ether oxygens (including phenoxy) is 1. The van der Waals surface area contributed by atoms with Gasteiger partial charge in [-0.2, -0.15) is 0 Å². The predicted molar refractivity (Wildman–Crippen MR) is 159 cm³/mol. The van der Waals surface area contributed by atoms with E-state index in [0.29, 0.717) is 29.0 Å². The molecule has 0 radical (unpaired) electrons. The summed E-state index contributed by atoms with van der Waals surface area (Å²) < 4.78 is 33.4. The van der Waals surface area contributed by atoms with Gasteiger partial charge in [0.05, 0.1) is 47.3 Å². The zero-order valence-electron chi connectivity index (χ0n) is 23.2. The number of aliphatic hydroxyl groups excluding tert-OH is 1. The SMILES string of the molecule is Cc1cc(Nc2ncnc3cc(NS(=O)(=O)CCO)cc(N4CCC5(CC4)CC5)c23)cc(N2CCO[C@H](C)C2)c1. The number of benzene rings is 2. The molecule has 0 amide bonds. The van der Waals surface area contributed by atoms with Crippen LogP contribution in [0.4, 0.5) is 28.6 Å². The van der Waals surface area contributed by atoms with Crippen molar-refractivity contribution >= 4 is 49.5 Å². The average Bonchev–Trinajstić information content (AvgIpc) is 3.66. The van der Waals surface area contributed by atoms with E-state index < -0.39 is 16.6 Å². The number of aryl methyl sites for hydroxylation is 1. The van der Waals surface area contributed by atoms with Crippen LogP contribution in [-0.2, 0) is 14.8 Å². The van der Waals surface area contributed by atoms with Gasteiger partial charge in [-0.25, -0.2) is 18.4 Å². The van der Waals surface area contributed by atoms with Gasteiger partial charge in [0, 0.05) is 37.6 Å². The fourth-order valence-electron chi connectivity index (χ4n) is 6.03. The molecule has 3 aromatic rings. The van der Waals surface area contributed by atoms with Crippen molar-refractivity contribution in [3.63, 3.8) is 0 Å². The summed E-state index contributed by atoms with van der Waals surface area (Å²) in [5.74, 6) is 0.323. The molecule has 3 N–H and O–H groups in total. The van der Waals surface area contributed by atoms with Gasteiger partial charge in [-0.1, -0.05) is 0 Å². The minimum atomic E-state index is -3.68. The van der Waals surface area contributed by atoms with Crippen molar-refractivity contribution in [2.75, 3.05) is 65.0 Å². The Balaban J connectivity index is 1.38. The number of hydrogen-bond donors (Lipinski definition) is 3. The summed E-state index contributed by atoms with van der Waals surface area (Å²) >= 11 is 0. The van der Waals surface area contributed by atoms with E-state index in [-0.39, 0.29) is 11.9 Å². The summed E-state index contributed by atoms with van der Waals surface area (Å²) in [7, 11) is -3.68. The number of sulfonamides is 1. The third-order valence-electron chi connectivity index (χ3n) is 8.40. The molecule has 2 saturated heterocycles. The van der Waals surface area contributed by atoms with E-state index in [4.69, 9.17) is 4.74 Å². The topological polar surface area (TPSA) is 120 Å². The number of nitrogens with zero attached hydrogens (tertiary/aromatic N) is 4. The molecule has 1 aliphatic carbocycles. The molecule has 11 heteroatoms. The standard InChI is InChI=1S/C29H38N6O4S/c1-20-13-22(15-24(14-20)35-9-11-39-21(2)18-35)32-28-27-25(30-19-31-28)16-23(33-40(37,38)12-10-36)17-26(27)34-7-5-29(3-4-29)6-8-34/h13-17,19,21,33,36H,3-12,18H2,1-2H3,(H,30,31,32)/t21-/m1/s1. The van der Waals surface area contributed by atoms with Crippen LogP contribution in [0.3, 0.4) is 0 Å². The molecule has 3 heterocycles. The number of anilines is 5. The lowest BCUT2D eigenvalue weighted by Crippen LogP contribution is -2.41. The van der Waals surface area contributed by atoms with Crippen LogP contribution in [-0.4, -0.2) is 74.7 Å². The summed E-state index contributed by atoms with van der Waals surface area (Å²) in [6, 6.07) is 10.1. The monoisotopic (exact) mass is 566 g/mol. The Hall–Kier alpha value is -3.15. The van der Waals surface area contributed by atoms with Gasteiger partial charge in [-0.05, 0) is 80.8 Å². The van der Waals surface area contributed by atoms with Gasteiger partial charge in [-0.3, -0.25) is 4.72 Å². The number of rotatable bonds is 8. The van der Waals surface area contributed by atoms with E-state index in [1.54, 1.807) is 6.07 Å². The minimum Gasteiger partial charge on any atom is -0.395 e. The van der Waals surface area contributed by atoms with Gasteiger partial charge in [0.15, 0.2) is 0 Å². The maximum atomic E-state index is 12.5. The van der Waals surface area contributed by atoms with Crippen LogP contribution in [0.5, 0.6) is 0 Å². The first kappa shape index (κ1) is 27.0. The largest absolute Gasteiger partial charge is 0.395 e. The molecule has 0 bridgehead atoms. The summed E-state index contributed by atoms with van der Waals surface area (Å²) in [6.45, 7) is 7.95. The van der Waals surface area contributed by atoms with Crippen molar-refractivity contribution in [3.8, 4) is 0 Å². The highest BCUT2D eigenvalue weighted by atomic mass is 32.2. The van der Waals surface area contributed by atoms with E-state index in [1.807, 2.05) is 6.07 Å². The van der Waals surface area contributed by atoms with E-state index in [2.05, 4.69) is 61.9 Å². The third-order valence-corrected chi connectivity index (χ3v) is 9.67. The first-order valence-corrected chi connectivity index (χ1v) is 15.8. The molecular formula is C29H38N6O4S. The summed E-state index contributed by atoms with van der Waals surface area (Å²) in [4.78, 5) is 13.9. The van der Waals surface area contributed by atoms with Crippen LogP contribution in [0.1, 0.15) is 38.2 Å². The lowest BCUT2D eigenvalue weighted by Gasteiger charge is -2.35. The number of aliphatic hydroxyl groups is 1. The van der Waals surface area contributed by atoms with Crippen LogP contribution < -0.4 is 19.8 Å². The molecule has 2 aliphatic heterocycles. The average molecular weight is 567 g/mol. The molecule has 1 saturated carbocycles. The molecule has 1 aromatic heterocycles. The van der Waals surface area contributed by atoms with E-state index in [1.165, 1.54) is 19.2 Å². The molecule has 214 valence electrons. The fourth-order valence-corrected chi connectivity index (χ4v) is 6.85. The number of morpholine rings is 1. The molecular weight excluding hydrogens is 528 g/mol. The molecule has 2 aromatic carbocycles. The third kappa shape index (κ3) is 5.82. The van der Waals surface area contributed by atoms with Crippen LogP contribution in [0.2, 0.25) is 0 Å². The van der Waals surface area contributed by atoms with Gasteiger partial charge in [0.2, 0.25) is 10.0 Å². The fraction of sp³-hybridized carbons (Fsp3) is 0.517. The Bertz CT molecular complexity index is 1500. The molecule has 6 rings (SSSR count). The molecule has 1 spiro atoms. The first-order valence-electron chi connectivity index (χ1n) is 14.1. The van der Waals surface area contributed by atoms with E-state index >= 15 is 0 Å². The maximum absolute atomic E-state index is 12.5. The smallest absolute Gasteiger partial charge is 0.234 e. The van der Waals surface area contributed by atoms with E-state index in [9.17, 15) is 13.5 Å². The van der Waals surface area contributed by atoms with Gasteiger partial charge in [-0.15, -0.1) is 0 Å². The Kier molecular flexibility index (Phi) is 7.22. The Morgan fingerprint density at radius 2 is 1.82 bits per heavy atom. The molecule has 10 nitrogen and oxygen atoms in total. The van der Waals surface area contributed by atoms with Gasteiger partial charge in [0.1, 0.15) is 12.1 Å². The molecule has 1 atom stereocenters. The zero-order chi connectivity index (χ0) is 27.9. The highest BCUT2D eigenvalue weighted by Crippen LogP contribution is 2.54. The second-order valence-electron chi connectivity index (χ2n) is 11.6. The van der Waals surface area contributed by atoms with E-state index in [0.717, 1.165) is 67.0 Å². The van der Waals surface area contributed by atoms with Gasteiger partial charge >= 0.3 is 0 Å². The quantitative estimate of drug-likeness (QED) is 0.371. The number of fused-ring (bicyclic) bond motifs is 1. The Morgan fingerprint density at radius 3 is 2.55 bits per heavy atom. The molecule has 3 aliphatic rings. The Labute approximate surface area is 235 Å². The maximum Gasteiger partial charge on any atom is 0.234 e. The van der Waals surface area contributed by atoms with Crippen LogP contribution in [0.25, 0.3) is 10.9 Å². The number of hydrogen-bond acceptors (Lipinski definition) is 9. The second kappa shape index (κ2) is 10.7. The lowest BCUT2D eigenvalue weighted by molar-refractivity contribution is 0.0532. The zero-order valence-corrected chi connectivity index (χ0v) is 24.0. The summed E-state index contributed by atoms with van der Waals surface area (Å²) in [5.41, 5.74) is 5.71. The van der Waals surface area contributed by atoms with Crippen LogP contribution in [0, 0.1) is 12.3 Å². The number of nitrogens with one attached hydrogen (secondary N) is 2. The lowest BCUT2D eigenvalue weighted by atomic mass is 9.93. The Morgan fingerprint density at radius 1 is 1.02 bits per heavy atom. The van der Waals surface area contributed by atoms with Crippen molar-refractivity contribution < 1.29 is 18.3 Å². The highest BCUT2D eigenvalue weighted by molar-refractivity contribution is 7.92. The molecule has 0 unspecified atom stereocenters. The highest BCUT2D eigenvalue weighted by Gasteiger charge is 2.44. The summed E-state index contributed by atoms with van der Waals surface area (Å²) in [5, 5.41) is 13.6. The molecule has 40 heavy (non-hydrogen) atoms. The van der Waals surface area contributed by atoms with Crippen molar-refractivity contribution in [2.45, 2.75) is 45.6 Å². The van der Waals surface area contributed by atoms with Crippen molar-refractivity contribution in [1.82, 2.24) is 9.97 Å². The second-order valence-corrected chi connectivity index (χ2v) is 13.4. The van der Waals surface area contributed by atoms with Crippen LogP contribution >= 0.6 is 0 Å². The first-order chi connectivity index (χ1) is 19.2. The summed E-state index contributed by atoms with van der Waals surface area (Å²) in [6.07, 6.45) is 6.56.